The number of hydrogen-bond donors (Lipinski definition) is 1. The van der Waals surface area contributed by atoms with Gasteiger partial charge in [0.25, 0.3) is 0 Å². The van der Waals surface area contributed by atoms with Crippen LogP contribution in [0, 0.1) is 23.6 Å². The quantitative estimate of drug-likeness (QED) is 0.326. The van der Waals surface area contributed by atoms with Crippen LogP contribution in [0.3, 0.4) is 0 Å². The Bertz CT molecular complexity index is 1380. The SMILES string of the molecule is CCOc1ccccc1-c1cc(F)ccc1N=Cc1cc(C(C)(C)C)cc(C23CC4CC(CC(C4)C2)C3)c1O. The molecule has 0 heterocycles. The highest BCUT2D eigenvalue weighted by molar-refractivity contribution is 5.90. The van der Waals surface area contributed by atoms with Gasteiger partial charge in [-0.25, -0.2) is 4.39 Å². The van der Waals surface area contributed by atoms with Gasteiger partial charge in [-0.2, -0.15) is 0 Å². The fraction of sp³-hybridized carbons (Fsp3) is 0.457. The van der Waals surface area contributed by atoms with Crippen LogP contribution in [-0.4, -0.2) is 17.9 Å². The second-order valence-electron chi connectivity index (χ2n) is 13.3. The zero-order chi connectivity index (χ0) is 27.4. The predicted molar refractivity (Wildman–Crippen MR) is 157 cm³/mol. The minimum Gasteiger partial charge on any atom is -0.507 e. The van der Waals surface area contributed by atoms with Crippen molar-refractivity contribution in [3.05, 3.63) is 77.1 Å². The summed E-state index contributed by atoms with van der Waals surface area (Å²) in [6.45, 7) is 9.14. The lowest BCUT2D eigenvalue weighted by molar-refractivity contribution is -0.00619. The Hall–Kier alpha value is -3.14. The summed E-state index contributed by atoms with van der Waals surface area (Å²) in [4.78, 5) is 4.86. The highest BCUT2D eigenvalue weighted by Gasteiger charge is 2.52. The van der Waals surface area contributed by atoms with E-state index in [-0.39, 0.29) is 16.6 Å². The molecule has 39 heavy (non-hydrogen) atoms. The van der Waals surface area contributed by atoms with E-state index in [2.05, 4.69) is 32.9 Å². The summed E-state index contributed by atoms with van der Waals surface area (Å²) in [6, 6.07) is 16.7. The van der Waals surface area contributed by atoms with E-state index in [1.165, 1.54) is 56.2 Å². The maximum atomic E-state index is 14.4. The minimum absolute atomic E-state index is 0.0647. The van der Waals surface area contributed by atoms with Gasteiger partial charge in [0.05, 0.1) is 12.3 Å². The van der Waals surface area contributed by atoms with E-state index >= 15 is 0 Å². The Morgan fingerprint density at radius 3 is 2.26 bits per heavy atom. The van der Waals surface area contributed by atoms with Gasteiger partial charge in [-0.05, 0) is 110 Å². The molecule has 0 aromatic heterocycles. The number of aliphatic imine (C=N–C) groups is 1. The van der Waals surface area contributed by atoms with Gasteiger partial charge in [-0.15, -0.1) is 0 Å². The third-order valence-electron chi connectivity index (χ3n) is 9.39. The van der Waals surface area contributed by atoms with Crippen LogP contribution < -0.4 is 4.74 Å². The minimum atomic E-state index is -0.322. The summed E-state index contributed by atoms with van der Waals surface area (Å²) in [6.07, 6.45) is 9.43. The van der Waals surface area contributed by atoms with E-state index in [9.17, 15) is 9.50 Å². The second-order valence-corrected chi connectivity index (χ2v) is 13.3. The van der Waals surface area contributed by atoms with Crippen molar-refractivity contribution < 1.29 is 14.2 Å². The smallest absolute Gasteiger partial charge is 0.128 e. The summed E-state index contributed by atoms with van der Waals surface area (Å²) < 4.78 is 20.3. The maximum absolute atomic E-state index is 14.4. The first kappa shape index (κ1) is 26.1. The first-order valence-corrected chi connectivity index (χ1v) is 14.6. The Balaban J connectivity index is 1.45. The van der Waals surface area contributed by atoms with Crippen molar-refractivity contribution in [3.8, 4) is 22.6 Å². The van der Waals surface area contributed by atoms with Crippen LogP contribution in [0.5, 0.6) is 11.5 Å². The van der Waals surface area contributed by atoms with Gasteiger partial charge < -0.3 is 9.84 Å². The lowest BCUT2D eigenvalue weighted by atomic mass is 9.47. The number of ether oxygens (including phenoxy) is 1. The Morgan fingerprint density at radius 1 is 0.949 bits per heavy atom. The van der Waals surface area contributed by atoms with Crippen LogP contribution in [0.4, 0.5) is 10.1 Å². The average Bonchev–Trinajstić information content (AvgIpc) is 2.87. The second kappa shape index (κ2) is 9.80. The predicted octanol–water partition coefficient (Wildman–Crippen LogP) is 9.11. The molecule has 3 aromatic carbocycles. The molecule has 0 radical (unpaired) electrons. The molecule has 0 atom stereocenters. The third kappa shape index (κ3) is 4.88. The van der Waals surface area contributed by atoms with Crippen LogP contribution in [0.1, 0.15) is 82.9 Å². The summed E-state index contributed by atoms with van der Waals surface area (Å²) in [5, 5.41) is 11.8. The monoisotopic (exact) mass is 525 g/mol. The number of para-hydroxylation sites is 1. The standard InChI is InChI=1S/C35H40FNO2/c1-5-39-32-9-7-6-8-28(32)29-17-27(36)10-11-31(29)37-21-25-15-26(34(2,3)4)16-30(33(25)38)35-18-22-12-23(19-35)14-24(13-22)20-35/h6-11,15-17,21-24,38H,5,12-14,18-20H2,1-4H3. The van der Waals surface area contributed by atoms with Crippen molar-refractivity contribution >= 4 is 11.9 Å². The average molecular weight is 526 g/mol. The number of nitrogens with zero attached hydrogens (tertiary/aromatic N) is 1. The topological polar surface area (TPSA) is 41.8 Å². The highest BCUT2D eigenvalue weighted by atomic mass is 19.1. The van der Waals surface area contributed by atoms with E-state index in [1.807, 2.05) is 31.2 Å². The van der Waals surface area contributed by atoms with Crippen molar-refractivity contribution in [2.24, 2.45) is 22.7 Å². The Morgan fingerprint density at radius 2 is 1.62 bits per heavy atom. The highest BCUT2D eigenvalue weighted by Crippen LogP contribution is 2.62. The number of phenolic OH excluding ortho intramolecular Hbond substituents is 1. The summed E-state index contributed by atoms with van der Waals surface area (Å²) in [5.41, 5.74) is 5.19. The molecule has 0 spiro atoms. The molecular weight excluding hydrogens is 485 g/mol. The largest absolute Gasteiger partial charge is 0.507 e. The van der Waals surface area contributed by atoms with Gasteiger partial charge in [0.1, 0.15) is 17.3 Å². The molecule has 0 aliphatic heterocycles. The van der Waals surface area contributed by atoms with Crippen molar-refractivity contribution in [3.63, 3.8) is 0 Å². The summed E-state index contributed by atoms with van der Waals surface area (Å²) in [7, 11) is 0. The molecule has 204 valence electrons. The lowest BCUT2D eigenvalue weighted by Crippen LogP contribution is -2.48. The molecule has 0 unspecified atom stereocenters. The molecule has 4 aliphatic carbocycles. The maximum Gasteiger partial charge on any atom is 0.128 e. The number of hydrogen-bond acceptors (Lipinski definition) is 3. The number of aromatic hydroxyl groups is 1. The van der Waals surface area contributed by atoms with E-state index in [4.69, 9.17) is 9.73 Å². The number of phenols is 1. The molecule has 4 fully saturated rings. The normalized spacial score (nSPS) is 25.9. The van der Waals surface area contributed by atoms with Crippen LogP contribution in [0.25, 0.3) is 11.1 Å². The number of halogens is 1. The Kier molecular flexibility index (Phi) is 6.56. The van der Waals surface area contributed by atoms with Gasteiger partial charge in [-0.1, -0.05) is 45.0 Å². The zero-order valence-corrected chi connectivity index (χ0v) is 23.6. The molecule has 3 nitrogen and oxygen atoms in total. The van der Waals surface area contributed by atoms with Gasteiger partial charge >= 0.3 is 0 Å². The van der Waals surface area contributed by atoms with Crippen molar-refractivity contribution in [1.82, 2.24) is 0 Å². The molecule has 4 bridgehead atoms. The molecule has 4 aliphatic rings. The first-order valence-electron chi connectivity index (χ1n) is 14.6. The van der Waals surface area contributed by atoms with Gasteiger partial charge in [0.15, 0.2) is 0 Å². The van der Waals surface area contributed by atoms with Crippen LogP contribution >= 0.6 is 0 Å². The fourth-order valence-electron chi connectivity index (χ4n) is 7.98. The molecule has 0 amide bonds. The van der Waals surface area contributed by atoms with Crippen LogP contribution in [0.15, 0.2) is 59.6 Å². The molecule has 7 rings (SSSR count). The van der Waals surface area contributed by atoms with E-state index in [0.717, 1.165) is 34.4 Å². The molecule has 4 saturated carbocycles. The van der Waals surface area contributed by atoms with Crippen molar-refractivity contribution in [1.29, 1.82) is 0 Å². The van der Waals surface area contributed by atoms with Crippen molar-refractivity contribution in [2.75, 3.05) is 6.61 Å². The molecule has 3 aromatic rings. The van der Waals surface area contributed by atoms with Crippen LogP contribution in [-0.2, 0) is 10.8 Å². The van der Waals surface area contributed by atoms with E-state index in [0.29, 0.717) is 29.4 Å². The lowest BCUT2D eigenvalue weighted by Gasteiger charge is -2.57. The van der Waals surface area contributed by atoms with Gasteiger partial charge in [0, 0.05) is 28.5 Å². The molecule has 4 heteroatoms. The fourth-order valence-corrected chi connectivity index (χ4v) is 7.98. The number of benzene rings is 3. The van der Waals surface area contributed by atoms with Crippen molar-refractivity contribution in [2.45, 2.75) is 77.0 Å². The molecular formula is C35H40FNO2. The third-order valence-corrected chi connectivity index (χ3v) is 9.39. The Labute approximate surface area is 232 Å². The van der Waals surface area contributed by atoms with Crippen LogP contribution in [0.2, 0.25) is 0 Å². The molecule has 0 saturated heterocycles. The summed E-state index contributed by atoms with van der Waals surface area (Å²) in [5.74, 6) is 3.11. The van der Waals surface area contributed by atoms with E-state index < -0.39 is 0 Å². The number of rotatable bonds is 6. The first-order chi connectivity index (χ1) is 18.6. The van der Waals surface area contributed by atoms with Gasteiger partial charge in [0.2, 0.25) is 0 Å². The molecule has 1 N–H and O–H groups in total. The zero-order valence-electron chi connectivity index (χ0n) is 23.6. The van der Waals surface area contributed by atoms with Gasteiger partial charge in [-0.3, -0.25) is 4.99 Å². The van der Waals surface area contributed by atoms with E-state index in [1.54, 1.807) is 12.3 Å². The summed E-state index contributed by atoms with van der Waals surface area (Å²) >= 11 is 0.